The van der Waals surface area contributed by atoms with E-state index in [1.54, 1.807) is 18.7 Å². The number of nitrogens with zero attached hydrogens (tertiary/aromatic N) is 1. The molecule has 0 fully saturated rings. The predicted molar refractivity (Wildman–Crippen MR) is 125 cm³/mol. The zero-order chi connectivity index (χ0) is 23.1. The average molecular weight is 457 g/mol. The topological polar surface area (TPSA) is 95.9 Å². The number of amides is 2. The van der Waals surface area contributed by atoms with Crippen LogP contribution in [0.1, 0.15) is 30.4 Å². The summed E-state index contributed by atoms with van der Waals surface area (Å²) >= 11 is 1.55. The number of rotatable bonds is 10. The number of thioether (sulfide) groups is 1. The second-order valence-corrected chi connectivity index (χ2v) is 8.54. The zero-order valence-electron chi connectivity index (χ0n) is 18.2. The SMILES string of the molecule is CCN(CC(=O)O)C(=O)[C@@H](CCSC)NC(=O)OCC1c2ccccc2-c2ccccc21. The lowest BCUT2D eigenvalue weighted by molar-refractivity contribution is -0.145. The van der Waals surface area contributed by atoms with E-state index in [9.17, 15) is 14.4 Å². The molecular weight excluding hydrogens is 428 g/mol. The molecule has 0 unspecified atom stereocenters. The van der Waals surface area contributed by atoms with Gasteiger partial charge in [0.2, 0.25) is 5.91 Å². The molecule has 2 aromatic rings. The van der Waals surface area contributed by atoms with Crippen LogP contribution in [0.5, 0.6) is 0 Å². The van der Waals surface area contributed by atoms with Crippen molar-refractivity contribution in [2.45, 2.75) is 25.3 Å². The summed E-state index contributed by atoms with van der Waals surface area (Å²) in [6, 6.07) is 15.3. The van der Waals surface area contributed by atoms with E-state index in [0.717, 1.165) is 22.3 Å². The fourth-order valence-corrected chi connectivity index (χ4v) is 4.48. The summed E-state index contributed by atoms with van der Waals surface area (Å²) in [6.45, 7) is 1.69. The molecule has 7 nitrogen and oxygen atoms in total. The van der Waals surface area contributed by atoms with E-state index >= 15 is 0 Å². The van der Waals surface area contributed by atoms with Gasteiger partial charge in [-0.3, -0.25) is 9.59 Å². The third-order valence-electron chi connectivity index (χ3n) is 5.56. The van der Waals surface area contributed by atoms with Crippen LogP contribution in [0.25, 0.3) is 11.1 Å². The fraction of sp³-hybridized carbons (Fsp3) is 0.375. The van der Waals surface area contributed by atoms with Crippen molar-refractivity contribution in [3.05, 3.63) is 59.7 Å². The standard InChI is InChI=1S/C24H28N2O5S/c1-3-26(14-22(27)28)23(29)21(12-13-32-2)25-24(30)31-15-20-18-10-6-4-8-16(18)17-9-5-7-11-19(17)20/h4-11,20-21H,3,12-15H2,1-2H3,(H,25,30)(H,27,28)/t21-/m1/s1. The highest BCUT2D eigenvalue weighted by Crippen LogP contribution is 2.44. The number of carboxylic acids is 1. The molecule has 1 aliphatic carbocycles. The number of hydrogen-bond donors (Lipinski definition) is 2. The minimum Gasteiger partial charge on any atom is -0.480 e. The van der Waals surface area contributed by atoms with Gasteiger partial charge in [-0.2, -0.15) is 11.8 Å². The molecule has 2 amide bonds. The molecule has 3 rings (SSSR count). The maximum atomic E-state index is 12.8. The van der Waals surface area contributed by atoms with E-state index in [4.69, 9.17) is 9.84 Å². The second kappa shape index (κ2) is 11.0. The lowest BCUT2D eigenvalue weighted by atomic mass is 9.98. The third-order valence-corrected chi connectivity index (χ3v) is 6.21. The van der Waals surface area contributed by atoms with Crippen LogP contribution in [-0.4, -0.2) is 65.7 Å². The Bertz CT molecular complexity index is 935. The summed E-state index contributed by atoms with van der Waals surface area (Å²) < 4.78 is 5.55. The molecule has 0 aromatic heterocycles. The minimum atomic E-state index is -1.09. The monoisotopic (exact) mass is 456 g/mol. The van der Waals surface area contributed by atoms with E-state index in [-0.39, 0.29) is 19.1 Å². The summed E-state index contributed by atoms with van der Waals surface area (Å²) in [6.07, 6.45) is 1.61. The van der Waals surface area contributed by atoms with Crippen molar-refractivity contribution in [2.75, 3.05) is 31.7 Å². The smallest absolute Gasteiger partial charge is 0.407 e. The van der Waals surface area contributed by atoms with Gasteiger partial charge in [-0.25, -0.2) is 4.79 Å². The third kappa shape index (κ3) is 5.43. The van der Waals surface area contributed by atoms with E-state index in [0.29, 0.717) is 12.2 Å². The maximum Gasteiger partial charge on any atom is 0.407 e. The van der Waals surface area contributed by atoms with Crippen molar-refractivity contribution >= 4 is 29.7 Å². The highest BCUT2D eigenvalue weighted by atomic mass is 32.2. The first kappa shape index (κ1) is 23.7. The number of alkyl carbamates (subject to hydrolysis) is 1. The van der Waals surface area contributed by atoms with Gasteiger partial charge in [0.15, 0.2) is 0 Å². The van der Waals surface area contributed by atoms with E-state index in [2.05, 4.69) is 17.4 Å². The summed E-state index contributed by atoms with van der Waals surface area (Å²) in [7, 11) is 0. The summed E-state index contributed by atoms with van der Waals surface area (Å²) in [5, 5.41) is 11.7. The van der Waals surface area contributed by atoms with Crippen LogP contribution in [-0.2, 0) is 14.3 Å². The van der Waals surface area contributed by atoms with Crippen molar-refractivity contribution in [2.24, 2.45) is 0 Å². The van der Waals surface area contributed by atoms with Gasteiger partial charge < -0.3 is 20.1 Å². The lowest BCUT2D eigenvalue weighted by Gasteiger charge is -2.25. The number of benzene rings is 2. The number of aliphatic carboxylic acids is 1. The normalized spacial score (nSPS) is 13.1. The average Bonchev–Trinajstić information content (AvgIpc) is 3.12. The van der Waals surface area contributed by atoms with Gasteiger partial charge in [0.1, 0.15) is 19.2 Å². The molecule has 2 aromatic carbocycles. The van der Waals surface area contributed by atoms with Gasteiger partial charge >= 0.3 is 12.1 Å². The minimum absolute atomic E-state index is 0.0763. The number of carbonyl (C=O) groups excluding carboxylic acids is 2. The molecule has 1 aliphatic rings. The number of carbonyl (C=O) groups is 3. The highest BCUT2D eigenvalue weighted by Gasteiger charge is 2.30. The molecular formula is C24H28N2O5S. The van der Waals surface area contributed by atoms with Crippen molar-refractivity contribution in [3.8, 4) is 11.1 Å². The molecule has 0 saturated carbocycles. The van der Waals surface area contributed by atoms with Gasteiger partial charge in [-0.1, -0.05) is 48.5 Å². The molecule has 1 atom stereocenters. The molecule has 0 spiro atoms. The Balaban J connectivity index is 1.68. The number of hydrogen-bond acceptors (Lipinski definition) is 5. The number of carboxylic acid groups (broad SMARTS) is 1. The summed E-state index contributed by atoms with van der Waals surface area (Å²) in [4.78, 5) is 37.7. The first-order chi connectivity index (χ1) is 15.5. The first-order valence-corrected chi connectivity index (χ1v) is 12.0. The van der Waals surface area contributed by atoms with Gasteiger partial charge in [-0.05, 0) is 47.6 Å². The highest BCUT2D eigenvalue weighted by molar-refractivity contribution is 7.98. The molecule has 0 saturated heterocycles. The Morgan fingerprint density at radius 1 is 1.09 bits per heavy atom. The number of likely N-dealkylation sites (N-methyl/N-ethyl adjacent to an activating group) is 1. The molecule has 32 heavy (non-hydrogen) atoms. The van der Waals surface area contributed by atoms with Gasteiger partial charge in [-0.15, -0.1) is 0 Å². The predicted octanol–water partition coefficient (Wildman–Crippen LogP) is 3.58. The van der Waals surface area contributed by atoms with Gasteiger partial charge in [0, 0.05) is 12.5 Å². The molecule has 0 heterocycles. The quantitative estimate of drug-likeness (QED) is 0.567. The first-order valence-electron chi connectivity index (χ1n) is 10.6. The number of ether oxygens (including phenoxy) is 1. The van der Waals surface area contributed by atoms with Gasteiger partial charge in [0.05, 0.1) is 0 Å². The number of fused-ring (bicyclic) bond motifs is 3. The van der Waals surface area contributed by atoms with Crippen LogP contribution in [0, 0.1) is 0 Å². The Morgan fingerprint density at radius 2 is 1.69 bits per heavy atom. The van der Waals surface area contributed by atoms with Crippen molar-refractivity contribution in [1.82, 2.24) is 10.2 Å². The molecule has 8 heteroatoms. The Labute approximate surface area is 192 Å². The van der Waals surface area contributed by atoms with Crippen molar-refractivity contribution in [3.63, 3.8) is 0 Å². The van der Waals surface area contributed by atoms with Crippen LogP contribution in [0.3, 0.4) is 0 Å². The van der Waals surface area contributed by atoms with Crippen LogP contribution >= 0.6 is 11.8 Å². The van der Waals surface area contributed by atoms with Crippen molar-refractivity contribution in [1.29, 1.82) is 0 Å². The van der Waals surface area contributed by atoms with Crippen LogP contribution in [0.4, 0.5) is 4.79 Å². The van der Waals surface area contributed by atoms with E-state index in [1.807, 2.05) is 42.7 Å². The van der Waals surface area contributed by atoms with Gasteiger partial charge in [0.25, 0.3) is 0 Å². The fourth-order valence-electron chi connectivity index (χ4n) is 4.00. The Hall–Kier alpha value is -3.00. The number of nitrogens with one attached hydrogen (secondary N) is 1. The van der Waals surface area contributed by atoms with Crippen molar-refractivity contribution < 1.29 is 24.2 Å². The molecule has 0 radical (unpaired) electrons. The van der Waals surface area contributed by atoms with E-state index in [1.165, 1.54) is 4.90 Å². The molecule has 0 bridgehead atoms. The maximum absolute atomic E-state index is 12.8. The summed E-state index contributed by atoms with van der Waals surface area (Å²) in [5.74, 6) is -0.944. The molecule has 170 valence electrons. The largest absolute Gasteiger partial charge is 0.480 e. The zero-order valence-corrected chi connectivity index (χ0v) is 19.1. The van der Waals surface area contributed by atoms with Crippen LogP contribution in [0.2, 0.25) is 0 Å². The lowest BCUT2D eigenvalue weighted by Crippen LogP contribution is -2.50. The Morgan fingerprint density at radius 3 is 2.22 bits per heavy atom. The summed E-state index contributed by atoms with van der Waals surface area (Å²) in [5.41, 5.74) is 4.49. The second-order valence-electron chi connectivity index (χ2n) is 7.55. The van der Waals surface area contributed by atoms with Crippen LogP contribution < -0.4 is 5.32 Å². The Kier molecular flexibility index (Phi) is 8.16. The molecule has 2 N–H and O–H groups in total. The molecule has 0 aliphatic heterocycles. The van der Waals surface area contributed by atoms with E-state index < -0.39 is 30.6 Å². The van der Waals surface area contributed by atoms with Crippen LogP contribution in [0.15, 0.2) is 48.5 Å².